The van der Waals surface area contributed by atoms with E-state index in [2.05, 4.69) is 9.97 Å². The Hall–Kier alpha value is -3.93. The second-order valence-electron chi connectivity index (χ2n) is 8.30. The summed E-state index contributed by atoms with van der Waals surface area (Å²) in [5.74, 6) is -0.347. The van der Waals surface area contributed by atoms with E-state index in [1.807, 2.05) is 55.5 Å². The zero-order chi connectivity index (χ0) is 22.8. The van der Waals surface area contributed by atoms with E-state index in [9.17, 15) is 9.18 Å². The molecular weight excluding hydrogens is 415 g/mol. The molecule has 2 aromatic heterocycles. The molecular formula is C27H23FN4O. The van der Waals surface area contributed by atoms with Gasteiger partial charge in [-0.3, -0.25) is 14.8 Å². The van der Waals surface area contributed by atoms with E-state index < -0.39 is 0 Å². The Morgan fingerprint density at radius 3 is 2.70 bits per heavy atom. The van der Waals surface area contributed by atoms with Gasteiger partial charge >= 0.3 is 0 Å². The molecule has 0 aliphatic carbocycles. The first-order valence-electron chi connectivity index (χ1n) is 11.0. The Morgan fingerprint density at radius 2 is 1.88 bits per heavy atom. The molecule has 1 atom stereocenters. The van der Waals surface area contributed by atoms with Gasteiger partial charge in [0.1, 0.15) is 5.82 Å². The molecule has 1 amide bonds. The molecule has 5 rings (SSSR count). The van der Waals surface area contributed by atoms with Crippen LogP contribution in [-0.4, -0.2) is 33.1 Å². The first kappa shape index (κ1) is 20.9. The average molecular weight is 439 g/mol. The number of hydrazone groups is 1. The zero-order valence-electron chi connectivity index (χ0n) is 18.3. The van der Waals surface area contributed by atoms with Gasteiger partial charge in [-0.25, -0.2) is 9.40 Å². The number of pyridine rings is 2. The number of benzene rings is 2. The molecule has 5 nitrogen and oxygen atoms in total. The highest BCUT2D eigenvalue weighted by molar-refractivity contribution is 6.02. The highest BCUT2D eigenvalue weighted by Gasteiger charge is 2.31. The van der Waals surface area contributed by atoms with Gasteiger partial charge in [-0.15, -0.1) is 0 Å². The quantitative estimate of drug-likeness (QED) is 0.410. The predicted molar refractivity (Wildman–Crippen MR) is 126 cm³/mol. The van der Waals surface area contributed by atoms with Crippen LogP contribution in [0, 0.1) is 12.7 Å². The predicted octanol–water partition coefficient (Wildman–Crippen LogP) is 5.04. The van der Waals surface area contributed by atoms with Crippen molar-refractivity contribution in [3.63, 3.8) is 0 Å². The van der Waals surface area contributed by atoms with Crippen molar-refractivity contribution in [3.05, 3.63) is 107 Å². The summed E-state index contributed by atoms with van der Waals surface area (Å²) in [4.78, 5) is 22.0. The fourth-order valence-corrected chi connectivity index (χ4v) is 4.26. The van der Waals surface area contributed by atoms with Gasteiger partial charge in [0.25, 0.3) is 0 Å². The number of amides is 1. The molecule has 33 heavy (non-hydrogen) atoms. The van der Waals surface area contributed by atoms with Crippen molar-refractivity contribution in [3.8, 4) is 0 Å². The van der Waals surface area contributed by atoms with Crippen molar-refractivity contribution in [1.29, 1.82) is 0 Å². The summed E-state index contributed by atoms with van der Waals surface area (Å²) in [5.41, 5.74) is 5.29. The number of fused-ring (bicyclic) bond motifs is 1. The third kappa shape index (κ3) is 4.51. The minimum Gasteiger partial charge on any atom is -0.273 e. The molecule has 1 aliphatic heterocycles. The number of hydrogen-bond acceptors (Lipinski definition) is 4. The van der Waals surface area contributed by atoms with Crippen LogP contribution in [0.2, 0.25) is 0 Å². The molecule has 0 N–H and O–H groups in total. The van der Waals surface area contributed by atoms with Gasteiger partial charge in [0.15, 0.2) is 0 Å². The number of aromatic nitrogens is 2. The largest absolute Gasteiger partial charge is 0.273 e. The van der Waals surface area contributed by atoms with Crippen molar-refractivity contribution >= 4 is 22.5 Å². The van der Waals surface area contributed by atoms with E-state index in [1.54, 1.807) is 18.3 Å². The Bertz CT molecular complexity index is 1340. The smallest absolute Gasteiger partial charge is 0.243 e. The van der Waals surface area contributed by atoms with Crippen molar-refractivity contribution < 1.29 is 9.18 Å². The Kier molecular flexibility index (Phi) is 5.65. The van der Waals surface area contributed by atoms with Crippen LogP contribution >= 0.6 is 0 Å². The van der Waals surface area contributed by atoms with E-state index in [0.717, 1.165) is 39.1 Å². The topological polar surface area (TPSA) is 58.5 Å². The number of nitrogens with zero attached hydrogens (tertiary/aromatic N) is 4. The van der Waals surface area contributed by atoms with E-state index >= 15 is 0 Å². The van der Waals surface area contributed by atoms with E-state index in [4.69, 9.17) is 5.10 Å². The first-order valence-corrected chi connectivity index (χ1v) is 11.0. The lowest BCUT2D eigenvalue weighted by atomic mass is 9.98. The lowest BCUT2D eigenvalue weighted by molar-refractivity contribution is -0.127. The van der Waals surface area contributed by atoms with Crippen molar-refractivity contribution in [2.45, 2.75) is 25.7 Å². The summed E-state index contributed by atoms with van der Waals surface area (Å²) in [6.45, 7) is 2.39. The number of carbonyl (C=O) groups excluding carboxylic acids is 1. The zero-order valence-corrected chi connectivity index (χ0v) is 18.3. The van der Waals surface area contributed by atoms with Crippen molar-refractivity contribution in [2.75, 3.05) is 6.54 Å². The molecule has 0 radical (unpaired) electrons. The van der Waals surface area contributed by atoms with Gasteiger partial charge in [-0.2, -0.15) is 5.10 Å². The summed E-state index contributed by atoms with van der Waals surface area (Å²) < 4.78 is 13.3. The molecule has 0 spiro atoms. The van der Waals surface area contributed by atoms with Crippen LogP contribution in [0.5, 0.6) is 0 Å². The molecule has 2 aromatic carbocycles. The second kappa shape index (κ2) is 8.90. The minimum atomic E-state index is -0.282. The van der Waals surface area contributed by atoms with Gasteiger partial charge in [0, 0.05) is 36.0 Å². The third-order valence-electron chi connectivity index (χ3n) is 5.97. The number of aryl methyl sites for hydroxylation is 1. The normalized spacial score (nSPS) is 16.5. The summed E-state index contributed by atoms with van der Waals surface area (Å²) in [7, 11) is 0. The van der Waals surface area contributed by atoms with E-state index in [0.29, 0.717) is 19.4 Å². The standard InChI is InChI=1S/C27H23FN4O/c1-18-5-4-8-25(30-18)26(15-20-13-14-29-24-7-3-2-6-23(20)24)31-32-17-21(16-27(32)33)19-9-11-22(28)12-10-19/h2-14,21H,15-17H2,1H3/b31-26+. The van der Waals surface area contributed by atoms with Crippen molar-refractivity contribution in [1.82, 2.24) is 15.0 Å². The van der Waals surface area contributed by atoms with Gasteiger partial charge in [0.05, 0.1) is 23.5 Å². The summed E-state index contributed by atoms with van der Waals surface area (Å²) in [6, 6.07) is 22.1. The Morgan fingerprint density at radius 1 is 1.06 bits per heavy atom. The van der Waals surface area contributed by atoms with Crippen LogP contribution < -0.4 is 0 Å². The average Bonchev–Trinajstić information content (AvgIpc) is 3.19. The van der Waals surface area contributed by atoms with E-state index in [1.165, 1.54) is 17.1 Å². The van der Waals surface area contributed by atoms with Crippen LogP contribution in [-0.2, 0) is 11.2 Å². The third-order valence-corrected chi connectivity index (χ3v) is 5.97. The summed E-state index contributed by atoms with van der Waals surface area (Å²) in [6.07, 6.45) is 2.66. The van der Waals surface area contributed by atoms with Gasteiger partial charge in [-0.1, -0.05) is 36.4 Å². The van der Waals surface area contributed by atoms with Gasteiger partial charge in [-0.05, 0) is 54.4 Å². The Labute approximate surface area is 191 Å². The molecule has 3 heterocycles. The maximum absolute atomic E-state index is 13.3. The fraction of sp³-hybridized carbons (Fsp3) is 0.185. The maximum atomic E-state index is 13.3. The Balaban J connectivity index is 1.50. The lowest BCUT2D eigenvalue weighted by Crippen LogP contribution is -2.23. The molecule has 1 unspecified atom stereocenters. The molecule has 1 saturated heterocycles. The van der Waals surface area contributed by atoms with Crippen LogP contribution in [0.15, 0.2) is 84.1 Å². The molecule has 6 heteroatoms. The SMILES string of the molecule is Cc1cccc(/C(Cc2ccnc3ccccc23)=N/N2CC(c3ccc(F)cc3)CC2=O)n1. The lowest BCUT2D eigenvalue weighted by Gasteiger charge is -2.15. The fourth-order valence-electron chi connectivity index (χ4n) is 4.26. The highest BCUT2D eigenvalue weighted by atomic mass is 19.1. The molecule has 1 fully saturated rings. The van der Waals surface area contributed by atoms with E-state index in [-0.39, 0.29) is 17.6 Å². The summed E-state index contributed by atoms with van der Waals surface area (Å²) in [5, 5.41) is 7.40. The monoisotopic (exact) mass is 438 g/mol. The molecule has 0 bridgehead atoms. The number of halogens is 1. The highest BCUT2D eigenvalue weighted by Crippen LogP contribution is 2.29. The van der Waals surface area contributed by atoms with Crippen LogP contribution in [0.1, 0.15) is 34.9 Å². The summed E-state index contributed by atoms with van der Waals surface area (Å²) >= 11 is 0. The molecule has 164 valence electrons. The first-order chi connectivity index (χ1) is 16.1. The molecule has 1 aliphatic rings. The minimum absolute atomic E-state index is 0.0182. The maximum Gasteiger partial charge on any atom is 0.243 e. The molecule has 0 saturated carbocycles. The van der Waals surface area contributed by atoms with Crippen LogP contribution in [0.4, 0.5) is 4.39 Å². The number of hydrogen-bond donors (Lipinski definition) is 0. The van der Waals surface area contributed by atoms with Gasteiger partial charge in [0.2, 0.25) is 5.91 Å². The second-order valence-corrected chi connectivity index (χ2v) is 8.30. The number of para-hydroxylation sites is 1. The van der Waals surface area contributed by atoms with Crippen molar-refractivity contribution in [2.24, 2.45) is 5.10 Å². The van der Waals surface area contributed by atoms with Crippen LogP contribution in [0.25, 0.3) is 10.9 Å². The molecule has 4 aromatic rings. The van der Waals surface area contributed by atoms with Crippen LogP contribution in [0.3, 0.4) is 0 Å². The number of carbonyl (C=O) groups is 1. The van der Waals surface area contributed by atoms with Gasteiger partial charge < -0.3 is 0 Å². The number of rotatable bonds is 5.